The molecule has 0 atom stereocenters. The summed E-state index contributed by atoms with van der Waals surface area (Å²) in [5.74, 6) is 1.11. The van der Waals surface area contributed by atoms with Gasteiger partial charge in [-0.15, -0.1) is 0 Å². The van der Waals surface area contributed by atoms with E-state index in [0.29, 0.717) is 17.2 Å². The molecule has 0 unspecified atom stereocenters. The van der Waals surface area contributed by atoms with E-state index in [9.17, 15) is 4.79 Å². The van der Waals surface area contributed by atoms with Crippen LogP contribution < -0.4 is 20.1 Å². The highest BCUT2D eigenvalue weighted by Gasteiger charge is 2.22. The van der Waals surface area contributed by atoms with Crippen molar-refractivity contribution in [1.82, 2.24) is 5.32 Å². The van der Waals surface area contributed by atoms with Crippen molar-refractivity contribution in [3.8, 4) is 11.5 Å². The van der Waals surface area contributed by atoms with Crippen LogP contribution in [0, 0.1) is 5.41 Å². The quantitative estimate of drug-likeness (QED) is 0.840. The summed E-state index contributed by atoms with van der Waals surface area (Å²) in [5.41, 5.74) is 0.155. The van der Waals surface area contributed by atoms with Crippen molar-refractivity contribution in [2.75, 3.05) is 19.5 Å². The summed E-state index contributed by atoms with van der Waals surface area (Å²) in [6, 6.07) is 5.28. The van der Waals surface area contributed by atoms with Crippen molar-refractivity contribution in [2.24, 2.45) is 5.41 Å². The Kier molecular flexibility index (Phi) is 5.33. The van der Waals surface area contributed by atoms with Gasteiger partial charge in [0.25, 0.3) is 0 Å². The first kappa shape index (κ1) is 16.2. The number of hydrogen-bond donors (Lipinski definition) is 2. The van der Waals surface area contributed by atoms with Crippen molar-refractivity contribution in [2.45, 2.75) is 20.8 Å². The lowest BCUT2D eigenvalue weighted by atomic mass is 9.96. The maximum Gasteiger partial charge on any atom is 0.231 e. The third-order valence-corrected chi connectivity index (χ3v) is 2.77. The second kappa shape index (κ2) is 6.56. The zero-order chi connectivity index (χ0) is 15.3. The Balaban J connectivity index is 2.78. The lowest BCUT2D eigenvalue weighted by Gasteiger charge is -2.19. The third kappa shape index (κ3) is 4.38. The molecule has 0 aliphatic rings. The van der Waals surface area contributed by atoms with Crippen molar-refractivity contribution in [1.29, 1.82) is 0 Å². The summed E-state index contributed by atoms with van der Waals surface area (Å²) < 4.78 is 10.4. The third-order valence-electron chi connectivity index (χ3n) is 2.57. The fraction of sp³-hybridized carbons (Fsp3) is 0.429. The molecule has 1 rings (SSSR count). The van der Waals surface area contributed by atoms with Crippen LogP contribution in [0.25, 0.3) is 0 Å². The van der Waals surface area contributed by atoms with Gasteiger partial charge in [0.1, 0.15) is 11.5 Å². The Hall–Kier alpha value is -1.82. The van der Waals surface area contributed by atoms with E-state index in [-0.39, 0.29) is 11.0 Å². The molecule has 0 saturated heterocycles. The van der Waals surface area contributed by atoms with Gasteiger partial charge in [-0.1, -0.05) is 20.8 Å². The molecule has 110 valence electrons. The fourth-order valence-corrected chi connectivity index (χ4v) is 1.55. The predicted molar refractivity (Wildman–Crippen MR) is 83.4 cm³/mol. The summed E-state index contributed by atoms with van der Waals surface area (Å²) in [7, 11) is 3.13. The van der Waals surface area contributed by atoms with E-state index < -0.39 is 5.41 Å². The van der Waals surface area contributed by atoms with Gasteiger partial charge in [0.15, 0.2) is 5.11 Å². The van der Waals surface area contributed by atoms with Gasteiger partial charge in [-0.25, -0.2) is 0 Å². The zero-order valence-electron chi connectivity index (χ0n) is 12.4. The maximum absolute atomic E-state index is 11.8. The molecule has 5 nitrogen and oxygen atoms in total. The molecule has 1 aromatic rings. The highest BCUT2D eigenvalue weighted by molar-refractivity contribution is 7.80. The molecule has 0 heterocycles. The molecule has 1 amide bonds. The summed E-state index contributed by atoms with van der Waals surface area (Å²) >= 11 is 5.12. The highest BCUT2D eigenvalue weighted by atomic mass is 32.1. The zero-order valence-corrected chi connectivity index (χ0v) is 13.2. The van der Waals surface area contributed by atoms with Gasteiger partial charge in [-0.05, 0) is 24.4 Å². The van der Waals surface area contributed by atoms with E-state index >= 15 is 0 Å². The van der Waals surface area contributed by atoms with Crippen LogP contribution >= 0.6 is 12.2 Å². The number of anilines is 1. The van der Waals surface area contributed by atoms with Crippen LogP contribution in [0.15, 0.2) is 18.2 Å². The average Bonchev–Trinajstić information content (AvgIpc) is 2.37. The second-order valence-electron chi connectivity index (χ2n) is 5.22. The lowest BCUT2D eigenvalue weighted by molar-refractivity contribution is -0.126. The minimum Gasteiger partial charge on any atom is -0.497 e. The van der Waals surface area contributed by atoms with Gasteiger partial charge in [-0.3, -0.25) is 4.79 Å². The van der Waals surface area contributed by atoms with E-state index in [1.165, 1.54) is 0 Å². The minimum absolute atomic E-state index is 0.150. The molecule has 0 fully saturated rings. The first-order valence-corrected chi connectivity index (χ1v) is 6.53. The van der Waals surface area contributed by atoms with Crippen molar-refractivity contribution < 1.29 is 14.3 Å². The summed E-state index contributed by atoms with van der Waals surface area (Å²) in [6.45, 7) is 5.46. The number of thiocarbonyl (C=S) groups is 1. The SMILES string of the molecule is COc1ccc(NC(=S)NC(=O)C(C)(C)C)c(OC)c1. The lowest BCUT2D eigenvalue weighted by Crippen LogP contribution is -2.41. The van der Waals surface area contributed by atoms with E-state index in [1.807, 2.05) is 20.8 Å². The van der Waals surface area contributed by atoms with Gasteiger partial charge in [0, 0.05) is 11.5 Å². The van der Waals surface area contributed by atoms with Crippen molar-refractivity contribution >= 4 is 28.9 Å². The number of ether oxygens (including phenoxy) is 2. The summed E-state index contributed by atoms with van der Waals surface area (Å²) in [4.78, 5) is 11.8. The molecule has 6 heteroatoms. The Morgan fingerprint density at radius 3 is 2.35 bits per heavy atom. The van der Waals surface area contributed by atoms with Crippen LogP contribution in [0.5, 0.6) is 11.5 Å². The Morgan fingerprint density at radius 2 is 1.85 bits per heavy atom. The monoisotopic (exact) mass is 296 g/mol. The normalized spacial score (nSPS) is 10.7. The molecule has 2 N–H and O–H groups in total. The molecule has 20 heavy (non-hydrogen) atoms. The summed E-state index contributed by atoms with van der Waals surface area (Å²) in [5, 5.41) is 5.81. The number of nitrogens with one attached hydrogen (secondary N) is 2. The fourth-order valence-electron chi connectivity index (χ4n) is 1.35. The number of rotatable bonds is 3. The number of carbonyl (C=O) groups is 1. The highest BCUT2D eigenvalue weighted by Crippen LogP contribution is 2.28. The van der Waals surface area contributed by atoms with Gasteiger partial charge < -0.3 is 20.1 Å². The van der Waals surface area contributed by atoms with Crippen LogP contribution in [0.2, 0.25) is 0 Å². The number of carbonyl (C=O) groups excluding carboxylic acids is 1. The molecule has 0 bridgehead atoms. The van der Waals surface area contributed by atoms with Crippen LogP contribution in [0.1, 0.15) is 20.8 Å². The van der Waals surface area contributed by atoms with Crippen LogP contribution in [0.3, 0.4) is 0 Å². The van der Waals surface area contributed by atoms with Crippen molar-refractivity contribution in [3.05, 3.63) is 18.2 Å². The van der Waals surface area contributed by atoms with Gasteiger partial charge >= 0.3 is 0 Å². The number of benzene rings is 1. The van der Waals surface area contributed by atoms with Crippen molar-refractivity contribution in [3.63, 3.8) is 0 Å². The summed E-state index contributed by atoms with van der Waals surface area (Å²) in [6.07, 6.45) is 0. The molecule has 0 saturated carbocycles. The smallest absolute Gasteiger partial charge is 0.231 e. The Labute approximate surface area is 124 Å². The second-order valence-corrected chi connectivity index (χ2v) is 5.63. The van der Waals surface area contributed by atoms with E-state index in [0.717, 1.165) is 0 Å². The van der Waals surface area contributed by atoms with Gasteiger partial charge in [0.2, 0.25) is 5.91 Å². The minimum atomic E-state index is -0.504. The number of amides is 1. The molecular formula is C14H20N2O3S. The average molecular weight is 296 g/mol. The van der Waals surface area contributed by atoms with E-state index in [4.69, 9.17) is 21.7 Å². The molecule has 0 aromatic heterocycles. The van der Waals surface area contributed by atoms with Crippen LogP contribution in [-0.4, -0.2) is 25.2 Å². The van der Waals surface area contributed by atoms with Gasteiger partial charge in [0.05, 0.1) is 19.9 Å². The van der Waals surface area contributed by atoms with E-state index in [2.05, 4.69) is 10.6 Å². The van der Waals surface area contributed by atoms with Crippen LogP contribution in [0.4, 0.5) is 5.69 Å². The topological polar surface area (TPSA) is 59.6 Å². The van der Waals surface area contributed by atoms with Crippen LogP contribution in [-0.2, 0) is 4.79 Å². The molecule has 0 spiro atoms. The molecule has 0 aliphatic heterocycles. The predicted octanol–water partition coefficient (Wildman–Crippen LogP) is 2.56. The largest absolute Gasteiger partial charge is 0.497 e. The first-order chi connectivity index (χ1) is 9.27. The molecule has 0 aliphatic carbocycles. The number of hydrogen-bond acceptors (Lipinski definition) is 4. The molecule has 0 radical (unpaired) electrons. The Morgan fingerprint density at radius 1 is 1.20 bits per heavy atom. The first-order valence-electron chi connectivity index (χ1n) is 6.12. The molecular weight excluding hydrogens is 276 g/mol. The Bertz CT molecular complexity index is 510. The van der Waals surface area contributed by atoms with Gasteiger partial charge in [-0.2, -0.15) is 0 Å². The number of methoxy groups -OCH3 is 2. The molecule has 1 aromatic carbocycles. The standard InChI is InChI=1S/C14H20N2O3S/c1-14(2,3)12(17)16-13(20)15-10-7-6-9(18-4)8-11(10)19-5/h6-8H,1-5H3,(H2,15,16,17,20). The maximum atomic E-state index is 11.8. The van der Waals surface area contributed by atoms with E-state index in [1.54, 1.807) is 32.4 Å².